The zero-order valence-electron chi connectivity index (χ0n) is 10.2. The fraction of sp³-hybridized carbons (Fsp3) is 0.462. The zero-order valence-corrected chi connectivity index (χ0v) is 10.9. The van der Waals surface area contributed by atoms with E-state index in [1.165, 1.54) is 0 Å². The molecule has 1 atom stereocenters. The molecule has 0 fully saturated rings. The smallest absolute Gasteiger partial charge is 0.328 e. The van der Waals surface area contributed by atoms with Gasteiger partial charge in [0.15, 0.2) is 0 Å². The molecular weight excluding hydrogens is 238 g/mol. The van der Waals surface area contributed by atoms with Crippen molar-refractivity contribution >= 4 is 17.6 Å². The van der Waals surface area contributed by atoms with Crippen molar-refractivity contribution in [3.05, 3.63) is 34.9 Å². The molecule has 1 aromatic carbocycles. The number of aliphatic carboxylic acids is 1. The second-order valence-electron chi connectivity index (χ2n) is 4.00. The SMILES string of the molecule is CCCNC(CC)(C(=O)O)c1ccc(Cl)cc1. The zero-order chi connectivity index (χ0) is 12.9. The monoisotopic (exact) mass is 255 g/mol. The summed E-state index contributed by atoms with van der Waals surface area (Å²) < 4.78 is 0. The third-order valence-electron chi connectivity index (χ3n) is 2.91. The van der Waals surface area contributed by atoms with E-state index >= 15 is 0 Å². The van der Waals surface area contributed by atoms with Crippen LogP contribution in [0.5, 0.6) is 0 Å². The number of carboxylic acids is 1. The van der Waals surface area contributed by atoms with E-state index in [-0.39, 0.29) is 0 Å². The summed E-state index contributed by atoms with van der Waals surface area (Å²) in [7, 11) is 0. The molecule has 1 aromatic rings. The minimum atomic E-state index is -1.01. The summed E-state index contributed by atoms with van der Waals surface area (Å²) in [5.41, 5.74) is -0.272. The molecule has 0 spiro atoms. The lowest BCUT2D eigenvalue weighted by molar-refractivity contribution is -0.145. The van der Waals surface area contributed by atoms with Gasteiger partial charge in [0, 0.05) is 5.02 Å². The largest absolute Gasteiger partial charge is 0.480 e. The van der Waals surface area contributed by atoms with Crippen LogP contribution in [0.1, 0.15) is 32.3 Å². The summed E-state index contributed by atoms with van der Waals surface area (Å²) in [5, 5.41) is 13.2. The summed E-state index contributed by atoms with van der Waals surface area (Å²) >= 11 is 5.82. The van der Waals surface area contributed by atoms with Crippen molar-refractivity contribution in [1.82, 2.24) is 5.32 Å². The minimum absolute atomic E-state index is 0.490. The molecule has 1 rings (SSSR count). The van der Waals surface area contributed by atoms with Crippen LogP contribution in [0.2, 0.25) is 5.02 Å². The Morgan fingerprint density at radius 3 is 2.35 bits per heavy atom. The molecule has 0 saturated heterocycles. The van der Waals surface area contributed by atoms with Crippen molar-refractivity contribution in [1.29, 1.82) is 0 Å². The first-order chi connectivity index (χ1) is 8.06. The van der Waals surface area contributed by atoms with Crippen molar-refractivity contribution in [3.8, 4) is 0 Å². The maximum Gasteiger partial charge on any atom is 0.328 e. The molecule has 0 radical (unpaired) electrons. The van der Waals surface area contributed by atoms with Gasteiger partial charge in [-0.05, 0) is 37.1 Å². The molecule has 0 amide bonds. The van der Waals surface area contributed by atoms with Crippen LogP contribution in [0.25, 0.3) is 0 Å². The molecule has 0 saturated carbocycles. The Balaban J connectivity index is 3.12. The van der Waals surface area contributed by atoms with Crippen molar-refractivity contribution in [2.24, 2.45) is 0 Å². The van der Waals surface area contributed by atoms with Gasteiger partial charge in [-0.15, -0.1) is 0 Å². The summed E-state index contributed by atoms with van der Waals surface area (Å²) in [5.74, 6) is -0.851. The Bertz CT molecular complexity index is 378. The molecule has 0 aliphatic heterocycles. The fourth-order valence-electron chi connectivity index (χ4n) is 1.85. The van der Waals surface area contributed by atoms with Gasteiger partial charge in [-0.25, -0.2) is 4.79 Å². The second kappa shape index (κ2) is 6.03. The van der Waals surface area contributed by atoms with E-state index in [9.17, 15) is 9.90 Å². The predicted octanol–water partition coefficient (Wildman–Crippen LogP) is 3.03. The van der Waals surface area contributed by atoms with Gasteiger partial charge in [-0.2, -0.15) is 0 Å². The third-order valence-corrected chi connectivity index (χ3v) is 3.16. The van der Waals surface area contributed by atoms with Gasteiger partial charge >= 0.3 is 5.97 Å². The van der Waals surface area contributed by atoms with Crippen LogP contribution >= 0.6 is 11.6 Å². The third kappa shape index (κ3) is 2.99. The van der Waals surface area contributed by atoms with Crippen molar-refractivity contribution in [3.63, 3.8) is 0 Å². The molecule has 0 heterocycles. The van der Waals surface area contributed by atoms with E-state index in [2.05, 4.69) is 5.32 Å². The molecule has 3 nitrogen and oxygen atoms in total. The van der Waals surface area contributed by atoms with Crippen LogP contribution in [0.15, 0.2) is 24.3 Å². The summed E-state index contributed by atoms with van der Waals surface area (Å²) in [6.45, 7) is 4.55. The lowest BCUT2D eigenvalue weighted by atomic mass is 9.87. The molecule has 4 heteroatoms. The first kappa shape index (κ1) is 14.0. The van der Waals surface area contributed by atoms with Crippen LogP contribution in [0, 0.1) is 0 Å². The Morgan fingerprint density at radius 1 is 1.35 bits per heavy atom. The quantitative estimate of drug-likeness (QED) is 0.822. The number of hydrogen-bond acceptors (Lipinski definition) is 2. The Hall–Kier alpha value is -1.06. The summed E-state index contributed by atoms with van der Waals surface area (Å²) in [6.07, 6.45) is 1.38. The van der Waals surface area contributed by atoms with Gasteiger partial charge in [0.05, 0.1) is 0 Å². The van der Waals surface area contributed by atoms with Crippen LogP contribution in [-0.2, 0) is 10.3 Å². The topological polar surface area (TPSA) is 49.3 Å². The van der Waals surface area contributed by atoms with Gasteiger partial charge in [0.1, 0.15) is 5.54 Å². The Kier molecular flexibility index (Phi) is 4.97. The molecule has 17 heavy (non-hydrogen) atoms. The molecule has 0 aliphatic carbocycles. The second-order valence-corrected chi connectivity index (χ2v) is 4.43. The highest BCUT2D eigenvalue weighted by atomic mass is 35.5. The van der Waals surface area contributed by atoms with Gasteiger partial charge in [0.25, 0.3) is 0 Å². The first-order valence-electron chi connectivity index (χ1n) is 5.81. The predicted molar refractivity (Wildman–Crippen MR) is 69.4 cm³/mol. The lowest BCUT2D eigenvalue weighted by Gasteiger charge is -2.30. The molecular formula is C13H18ClNO2. The molecule has 1 unspecified atom stereocenters. The van der Waals surface area contributed by atoms with Crippen molar-refractivity contribution in [2.75, 3.05) is 6.54 Å². The van der Waals surface area contributed by atoms with Gasteiger partial charge in [-0.1, -0.05) is 37.6 Å². The number of rotatable bonds is 6. The van der Waals surface area contributed by atoms with E-state index in [0.29, 0.717) is 18.0 Å². The molecule has 0 bridgehead atoms. The molecule has 0 aromatic heterocycles. The standard InChI is InChI=1S/C13H18ClNO2/c1-3-9-15-13(4-2,12(16)17)10-5-7-11(14)8-6-10/h5-8,15H,3-4,9H2,1-2H3,(H,16,17). The van der Waals surface area contributed by atoms with Crippen molar-refractivity contribution in [2.45, 2.75) is 32.2 Å². The molecule has 0 aliphatic rings. The van der Waals surface area contributed by atoms with Crippen LogP contribution in [0.3, 0.4) is 0 Å². The fourth-order valence-corrected chi connectivity index (χ4v) is 1.98. The number of benzene rings is 1. The van der Waals surface area contributed by atoms with E-state index in [0.717, 1.165) is 12.0 Å². The van der Waals surface area contributed by atoms with E-state index < -0.39 is 11.5 Å². The Morgan fingerprint density at radius 2 is 1.94 bits per heavy atom. The number of halogens is 1. The van der Waals surface area contributed by atoms with E-state index in [4.69, 9.17) is 11.6 Å². The van der Waals surface area contributed by atoms with Crippen LogP contribution in [0.4, 0.5) is 0 Å². The summed E-state index contributed by atoms with van der Waals surface area (Å²) in [6, 6.07) is 6.97. The molecule has 94 valence electrons. The molecule has 2 N–H and O–H groups in total. The van der Waals surface area contributed by atoms with E-state index in [1.807, 2.05) is 13.8 Å². The highest BCUT2D eigenvalue weighted by Crippen LogP contribution is 2.26. The van der Waals surface area contributed by atoms with Crippen LogP contribution < -0.4 is 5.32 Å². The normalized spacial score (nSPS) is 14.3. The number of nitrogens with one attached hydrogen (secondary N) is 1. The van der Waals surface area contributed by atoms with E-state index in [1.54, 1.807) is 24.3 Å². The minimum Gasteiger partial charge on any atom is -0.480 e. The van der Waals surface area contributed by atoms with Crippen molar-refractivity contribution < 1.29 is 9.90 Å². The van der Waals surface area contributed by atoms with Gasteiger partial charge in [0.2, 0.25) is 0 Å². The maximum atomic E-state index is 11.5. The number of carboxylic acid groups (broad SMARTS) is 1. The Labute approximate surface area is 107 Å². The number of carbonyl (C=O) groups is 1. The summed E-state index contributed by atoms with van der Waals surface area (Å²) in [4.78, 5) is 11.5. The average Bonchev–Trinajstić information content (AvgIpc) is 2.32. The van der Waals surface area contributed by atoms with Gasteiger partial charge in [-0.3, -0.25) is 5.32 Å². The van der Waals surface area contributed by atoms with Crippen LogP contribution in [-0.4, -0.2) is 17.6 Å². The average molecular weight is 256 g/mol. The first-order valence-corrected chi connectivity index (χ1v) is 6.19. The highest BCUT2D eigenvalue weighted by Gasteiger charge is 2.37. The highest BCUT2D eigenvalue weighted by molar-refractivity contribution is 6.30. The van der Waals surface area contributed by atoms with Gasteiger partial charge < -0.3 is 5.11 Å². The number of hydrogen-bond donors (Lipinski definition) is 2. The maximum absolute atomic E-state index is 11.5. The lowest BCUT2D eigenvalue weighted by Crippen LogP contribution is -2.49.